The number of carbonyl (C=O) groups excluding carboxylic acids is 1. The fourth-order valence-electron chi connectivity index (χ4n) is 1.43. The molecule has 0 saturated carbocycles. The van der Waals surface area contributed by atoms with E-state index < -0.39 is 0 Å². The summed E-state index contributed by atoms with van der Waals surface area (Å²) in [5.41, 5.74) is 1.30. The van der Waals surface area contributed by atoms with E-state index in [1.807, 2.05) is 18.2 Å². The van der Waals surface area contributed by atoms with E-state index in [2.05, 4.69) is 16.3 Å². The number of carbonyl (C=O) groups is 1. The second kappa shape index (κ2) is 4.07. The lowest BCUT2D eigenvalue weighted by molar-refractivity contribution is 0.0950. The van der Waals surface area contributed by atoms with E-state index in [9.17, 15) is 4.79 Å². The summed E-state index contributed by atoms with van der Waals surface area (Å²) >= 11 is 0. The van der Waals surface area contributed by atoms with E-state index in [1.54, 1.807) is 17.6 Å². The summed E-state index contributed by atoms with van der Waals surface area (Å²) < 4.78 is 1.65. The SMILES string of the molecule is C#CC(C)NC(=O)c1cnn2ccccc12. The number of pyridine rings is 1. The zero-order chi connectivity index (χ0) is 11.5. The van der Waals surface area contributed by atoms with Gasteiger partial charge in [-0.25, -0.2) is 4.52 Å². The first-order chi connectivity index (χ1) is 7.72. The number of rotatable bonds is 2. The fraction of sp³-hybridized carbons (Fsp3) is 0.167. The average molecular weight is 213 g/mol. The third-order valence-corrected chi connectivity index (χ3v) is 2.27. The van der Waals surface area contributed by atoms with Crippen molar-refractivity contribution in [2.24, 2.45) is 0 Å². The van der Waals surface area contributed by atoms with Crippen molar-refractivity contribution in [1.82, 2.24) is 14.9 Å². The molecule has 2 aromatic rings. The van der Waals surface area contributed by atoms with Crippen molar-refractivity contribution in [3.05, 3.63) is 36.2 Å². The van der Waals surface area contributed by atoms with Crippen molar-refractivity contribution >= 4 is 11.4 Å². The second-order valence-electron chi connectivity index (χ2n) is 3.45. The second-order valence-corrected chi connectivity index (χ2v) is 3.45. The van der Waals surface area contributed by atoms with Crippen molar-refractivity contribution in [1.29, 1.82) is 0 Å². The Labute approximate surface area is 93.3 Å². The van der Waals surface area contributed by atoms with E-state index in [4.69, 9.17) is 6.42 Å². The molecule has 80 valence electrons. The van der Waals surface area contributed by atoms with Gasteiger partial charge in [-0.2, -0.15) is 5.10 Å². The Morgan fingerprint density at radius 3 is 3.19 bits per heavy atom. The van der Waals surface area contributed by atoms with E-state index >= 15 is 0 Å². The van der Waals surface area contributed by atoms with Crippen LogP contribution in [0, 0.1) is 12.3 Å². The fourth-order valence-corrected chi connectivity index (χ4v) is 1.43. The van der Waals surface area contributed by atoms with Gasteiger partial charge in [-0.15, -0.1) is 6.42 Å². The molecule has 0 radical (unpaired) electrons. The number of hydrogen-bond donors (Lipinski definition) is 1. The van der Waals surface area contributed by atoms with Crippen LogP contribution in [-0.2, 0) is 0 Å². The number of aromatic nitrogens is 2. The maximum absolute atomic E-state index is 11.8. The van der Waals surface area contributed by atoms with Gasteiger partial charge in [-0.3, -0.25) is 4.79 Å². The van der Waals surface area contributed by atoms with Crippen LogP contribution in [0.2, 0.25) is 0 Å². The Bertz CT molecular complexity index is 565. The Morgan fingerprint density at radius 1 is 1.62 bits per heavy atom. The molecular formula is C12H11N3O. The number of nitrogens with one attached hydrogen (secondary N) is 1. The standard InChI is InChI=1S/C12H11N3O/c1-3-9(2)14-12(16)10-8-13-15-7-5-4-6-11(10)15/h1,4-9H,2H3,(H,14,16). The molecule has 1 unspecified atom stereocenters. The highest BCUT2D eigenvalue weighted by Crippen LogP contribution is 2.09. The predicted octanol–water partition coefficient (Wildman–Crippen LogP) is 1.09. The summed E-state index contributed by atoms with van der Waals surface area (Å²) in [6.45, 7) is 1.75. The van der Waals surface area contributed by atoms with Crippen LogP contribution in [0.15, 0.2) is 30.6 Å². The Kier molecular flexibility index (Phi) is 2.61. The minimum absolute atomic E-state index is 0.202. The molecule has 0 aliphatic heterocycles. The molecule has 2 aromatic heterocycles. The zero-order valence-electron chi connectivity index (χ0n) is 8.84. The number of fused-ring (bicyclic) bond motifs is 1. The molecular weight excluding hydrogens is 202 g/mol. The van der Waals surface area contributed by atoms with Crippen molar-refractivity contribution < 1.29 is 4.79 Å². The van der Waals surface area contributed by atoms with Crippen LogP contribution in [0.1, 0.15) is 17.3 Å². The van der Waals surface area contributed by atoms with Gasteiger partial charge >= 0.3 is 0 Å². The van der Waals surface area contributed by atoms with Crippen molar-refractivity contribution in [2.45, 2.75) is 13.0 Å². The monoisotopic (exact) mass is 213 g/mol. The van der Waals surface area contributed by atoms with Crippen LogP contribution in [0.25, 0.3) is 5.52 Å². The maximum atomic E-state index is 11.8. The molecule has 0 aliphatic rings. The molecule has 0 spiro atoms. The molecule has 16 heavy (non-hydrogen) atoms. The summed E-state index contributed by atoms with van der Waals surface area (Å²) in [6, 6.07) is 5.26. The largest absolute Gasteiger partial charge is 0.339 e. The average Bonchev–Trinajstić information content (AvgIpc) is 2.72. The molecule has 0 bridgehead atoms. The predicted molar refractivity (Wildman–Crippen MR) is 61.0 cm³/mol. The first kappa shape index (κ1) is 10.2. The topological polar surface area (TPSA) is 46.4 Å². The highest BCUT2D eigenvalue weighted by Gasteiger charge is 2.13. The van der Waals surface area contributed by atoms with Gasteiger partial charge in [0.1, 0.15) is 0 Å². The Morgan fingerprint density at radius 2 is 2.44 bits per heavy atom. The molecule has 0 saturated heterocycles. The summed E-state index contributed by atoms with van der Waals surface area (Å²) in [5, 5.41) is 6.77. The third kappa shape index (κ3) is 1.75. The summed E-state index contributed by atoms with van der Waals surface area (Å²) in [4.78, 5) is 11.8. The minimum Gasteiger partial charge on any atom is -0.339 e. The van der Waals surface area contributed by atoms with Gasteiger partial charge in [0.15, 0.2) is 0 Å². The maximum Gasteiger partial charge on any atom is 0.256 e. The molecule has 2 heterocycles. The molecule has 0 aliphatic carbocycles. The zero-order valence-corrected chi connectivity index (χ0v) is 8.84. The van der Waals surface area contributed by atoms with Crippen LogP contribution in [0.3, 0.4) is 0 Å². The number of amides is 1. The summed E-state index contributed by atoms with van der Waals surface area (Å²) in [7, 11) is 0. The van der Waals surface area contributed by atoms with Crippen LogP contribution in [-0.4, -0.2) is 21.6 Å². The van der Waals surface area contributed by atoms with Gasteiger partial charge in [0, 0.05) is 6.20 Å². The molecule has 4 nitrogen and oxygen atoms in total. The molecule has 4 heteroatoms. The van der Waals surface area contributed by atoms with E-state index in [0.717, 1.165) is 5.52 Å². The Balaban J connectivity index is 2.34. The molecule has 1 atom stereocenters. The van der Waals surface area contributed by atoms with Gasteiger partial charge in [0.05, 0.1) is 23.3 Å². The van der Waals surface area contributed by atoms with Crippen molar-refractivity contribution in [2.75, 3.05) is 0 Å². The van der Waals surface area contributed by atoms with Gasteiger partial charge in [-0.1, -0.05) is 12.0 Å². The van der Waals surface area contributed by atoms with Crippen LogP contribution < -0.4 is 5.32 Å². The smallest absolute Gasteiger partial charge is 0.256 e. The van der Waals surface area contributed by atoms with E-state index in [-0.39, 0.29) is 11.9 Å². The highest BCUT2D eigenvalue weighted by atomic mass is 16.1. The minimum atomic E-state index is -0.286. The van der Waals surface area contributed by atoms with Crippen LogP contribution >= 0.6 is 0 Å². The summed E-state index contributed by atoms with van der Waals surface area (Å²) in [6.07, 6.45) is 8.52. The number of nitrogens with zero attached hydrogens (tertiary/aromatic N) is 2. The number of hydrogen-bond acceptors (Lipinski definition) is 2. The van der Waals surface area contributed by atoms with Gasteiger partial charge in [0.25, 0.3) is 5.91 Å². The lowest BCUT2D eigenvalue weighted by atomic mass is 10.2. The quantitative estimate of drug-likeness (QED) is 0.759. The third-order valence-electron chi connectivity index (χ3n) is 2.27. The van der Waals surface area contributed by atoms with Crippen molar-refractivity contribution in [3.63, 3.8) is 0 Å². The normalized spacial score (nSPS) is 12.0. The van der Waals surface area contributed by atoms with E-state index in [1.165, 1.54) is 6.20 Å². The first-order valence-corrected chi connectivity index (χ1v) is 4.91. The van der Waals surface area contributed by atoms with Gasteiger partial charge < -0.3 is 5.32 Å². The molecule has 2 rings (SSSR count). The lowest BCUT2D eigenvalue weighted by Crippen LogP contribution is -2.31. The number of terminal acetylenes is 1. The molecule has 0 fully saturated rings. The van der Waals surface area contributed by atoms with E-state index in [0.29, 0.717) is 5.56 Å². The van der Waals surface area contributed by atoms with Crippen LogP contribution in [0.4, 0.5) is 0 Å². The van der Waals surface area contributed by atoms with Crippen LogP contribution in [0.5, 0.6) is 0 Å². The van der Waals surface area contributed by atoms with Crippen molar-refractivity contribution in [3.8, 4) is 12.3 Å². The summed E-state index contributed by atoms with van der Waals surface area (Å²) in [5.74, 6) is 2.24. The highest BCUT2D eigenvalue weighted by molar-refractivity contribution is 6.00. The lowest BCUT2D eigenvalue weighted by Gasteiger charge is -2.05. The van der Waals surface area contributed by atoms with Gasteiger partial charge in [-0.05, 0) is 19.1 Å². The molecule has 1 amide bonds. The molecule has 0 aromatic carbocycles. The Hall–Kier alpha value is -2.28. The first-order valence-electron chi connectivity index (χ1n) is 4.91. The van der Waals surface area contributed by atoms with Gasteiger partial charge in [0.2, 0.25) is 0 Å². The molecule has 1 N–H and O–H groups in total.